The Bertz CT molecular complexity index is 1470. The van der Waals surface area contributed by atoms with Gasteiger partial charge in [0.1, 0.15) is 5.82 Å². The number of nitrogens with zero attached hydrogens (tertiary/aromatic N) is 3. The Labute approximate surface area is 219 Å². The zero-order chi connectivity index (χ0) is 26.7. The fourth-order valence-corrected chi connectivity index (χ4v) is 4.67. The van der Waals surface area contributed by atoms with Gasteiger partial charge in [0.05, 0.1) is 22.6 Å². The molecule has 1 heterocycles. The summed E-state index contributed by atoms with van der Waals surface area (Å²) >= 11 is 0. The summed E-state index contributed by atoms with van der Waals surface area (Å²) in [5, 5.41) is 0.563. The molecule has 0 aliphatic carbocycles. The van der Waals surface area contributed by atoms with Crippen LogP contribution in [0.5, 0.6) is 0 Å². The molecule has 1 aromatic heterocycles. The van der Waals surface area contributed by atoms with Crippen LogP contribution in [-0.2, 0) is 11.2 Å². The molecule has 1 amide bonds. The smallest absolute Gasteiger partial charge is 0.266 e. The van der Waals surface area contributed by atoms with Gasteiger partial charge in [-0.1, -0.05) is 69.3 Å². The van der Waals surface area contributed by atoms with Gasteiger partial charge < -0.3 is 4.90 Å². The number of amides is 1. The third-order valence-electron chi connectivity index (χ3n) is 6.88. The summed E-state index contributed by atoms with van der Waals surface area (Å²) in [6.45, 7) is 12.8. The number of hydrogen-bond acceptors (Lipinski definition) is 3. The first-order valence-electron chi connectivity index (χ1n) is 13.0. The lowest BCUT2D eigenvalue weighted by molar-refractivity contribution is -0.135. The van der Waals surface area contributed by atoms with E-state index in [1.807, 2.05) is 79.4 Å². The molecule has 5 nitrogen and oxygen atoms in total. The Hall–Kier alpha value is -3.73. The zero-order valence-electron chi connectivity index (χ0n) is 22.8. The molecule has 0 saturated heterocycles. The summed E-state index contributed by atoms with van der Waals surface area (Å²) in [6, 6.07) is 23.2. The van der Waals surface area contributed by atoms with Gasteiger partial charge in [-0.05, 0) is 73.6 Å². The van der Waals surface area contributed by atoms with Gasteiger partial charge in [-0.2, -0.15) is 0 Å². The van der Waals surface area contributed by atoms with Gasteiger partial charge in [0.15, 0.2) is 0 Å². The predicted octanol–water partition coefficient (Wildman–Crippen LogP) is 6.57. The summed E-state index contributed by atoms with van der Waals surface area (Å²) in [5.74, 6) is 0.632. The van der Waals surface area contributed by atoms with Crippen molar-refractivity contribution in [1.29, 1.82) is 0 Å². The number of fused-ring (bicyclic) bond motifs is 1. The average molecular weight is 496 g/mol. The second kappa shape index (κ2) is 10.7. The minimum atomic E-state index is -0.405. The highest BCUT2D eigenvalue weighted by Gasteiger charge is 2.29. The molecule has 0 fully saturated rings. The number of carbonyl (C=O) groups excluding carboxylic acids is 1. The third kappa shape index (κ3) is 5.99. The van der Waals surface area contributed by atoms with Crippen LogP contribution in [0.15, 0.2) is 77.6 Å². The van der Waals surface area contributed by atoms with E-state index in [1.165, 1.54) is 5.56 Å². The van der Waals surface area contributed by atoms with Crippen LogP contribution in [-0.4, -0.2) is 26.9 Å². The van der Waals surface area contributed by atoms with Crippen LogP contribution in [0.25, 0.3) is 16.6 Å². The van der Waals surface area contributed by atoms with E-state index in [-0.39, 0.29) is 16.9 Å². The maximum absolute atomic E-state index is 13.9. The number of aryl methyl sites for hydroxylation is 2. The van der Waals surface area contributed by atoms with Crippen molar-refractivity contribution in [1.82, 2.24) is 14.5 Å². The molecule has 192 valence electrons. The maximum Gasteiger partial charge on any atom is 0.266 e. The molecule has 0 N–H and O–H groups in total. The van der Waals surface area contributed by atoms with Crippen molar-refractivity contribution in [2.24, 2.45) is 5.41 Å². The molecule has 5 heteroatoms. The first-order valence-corrected chi connectivity index (χ1v) is 13.0. The highest BCUT2D eigenvalue weighted by Crippen LogP contribution is 2.28. The van der Waals surface area contributed by atoms with Crippen LogP contribution < -0.4 is 5.56 Å². The lowest BCUT2D eigenvalue weighted by Crippen LogP contribution is -2.40. The number of carbonyl (C=O) groups is 1. The fourth-order valence-electron chi connectivity index (χ4n) is 4.67. The minimum Gasteiger partial charge on any atom is -0.332 e. The third-order valence-corrected chi connectivity index (χ3v) is 6.88. The Morgan fingerprint density at radius 3 is 2.30 bits per heavy atom. The van der Waals surface area contributed by atoms with Crippen molar-refractivity contribution in [3.05, 3.63) is 106 Å². The van der Waals surface area contributed by atoms with Gasteiger partial charge in [0, 0.05) is 13.0 Å². The fraction of sp³-hybridized carbons (Fsp3) is 0.344. The largest absolute Gasteiger partial charge is 0.332 e. The molecule has 37 heavy (non-hydrogen) atoms. The molecule has 0 bridgehead atoms. The SMILES string of the molecule is Cc1ccc(-n2c(C(C)N(CCc3ccccc3)C(=O)CC(C)(C)C)nc3ccccc3c2=O)cc1C. The van der Waals surface area contributed by atoms with Gasteiger partial charge in [-0.3, -0.25) is 14.2 Å². The second-order valence-electron chi connectivity index (χ2n) is 11.1. The number of aromatic nitrogens is 2. The van der Waals surface area contributed by atoms with Crippen molar-refractivity contribution in [2.75, 3.05) is 6.54 Å². The van der Waals surface area contributed by atoms with Gasteiger partial charge in [0.2, 0.25) is 5.91 Å². The minimum absolute atomic E-state index is 0.0602. The Balaban J connectivity index is 1.86. The van der Waals surface area contributed by atoms with Crippen molar-refractivity contribution in [3.8, 4) is 5.69 Å². The van der Waals surface area contributed by atoms with Crippen LogP contribution in [0.2, 0.25) is 0 Å². The van der Waals surface area contributed by atoms with Crippen LogP contribution in [0.4, 0.5) is 0 Å². The Kier molecular flexibility index (Phi) is 7.63. The molecular weight excluding hydrogens is 458 g/mol. The lowest BCUT2D eigenvalue weighted by atomic mass is 9.91. The van der Waals surface area contributed by atoms with Crippen molar-refractivity contribution in [3.63, 3.8) is 0 Å². The maximum atomic E-state index is 13.9. The highest BCUT2D eigenvalue weighted by atomic mass is 16.2. The molecular formula is C32H37N3O2. The molecule has 0 aliphatic rings. The first-order chi connectivity index (χ1) is 17.5. The van der Waals surface area contributed by atoms with Crippen LogP contribution in [0, 0.1) is 19.3 Å². The van der Waals surface area contributed by atoms with Crippen LogP contribution >= 0.6 is 0 Å². The topological polar surface area (TPSA) is 55.2 Å². The van der Waals surface area contributed by atoms with E-state index in [2.05, 4.69) is 39.8 Å². The van der Waals surface area contributed by atoms with E-state index in [0.717, 1.165) is 23.2 Å². The van der Waals surface area contributed by atoms with E-state index >= 15 is 0 Å². The average Bonchev–Trinajstić information content (AvgIpc) is 2.85. The molecule has 0 saturated carbocycles. The standard InChI is InChI=1S/C32H37N3O2/c1-22-16-17-26(20-23(22)2)35-30(33-28-15-11-10-14-27(28)31(35)37)24(3)34(29(36)21-32(4,5)6)19-18-25-12-8-7-9-13-25/h7-17,20,24H,18-19,21H2,1-6H3. The predicted molar refractivity (Wildman–Crippen MR) is 151 cm³/mol. The van der Waals surface area contributed by atoms with Crippen LogP contribution in [0.1, 0.15) is 62.7 Å². The molecule has 4 aromatic rings. The molecule has 0 aliphatic heterocycles. The van der Waals surface area contributed by atoms with Crippen molar-refractivity contribution in [2.45, 2.75) is 60.4 Å². The van der Waals surface area contributed by atoms with E-state index in [4.69, 9.17) is 4.98 Å². The first kappa shape index (κ1) is 26.3. The molecule has 1 unspecified atom stereocenters. The lowest BCUT2D eigenvalue weighted by Gasteiger charge is -2.33. The molecule has 1 atom stereocenters. The summed E-state index contributed by atoms with van der Waals surface area (Å²) in [6.07, 6.45) is 1.14. The molecule has 0 spiro atoms. The summed E-state index contributed by atoms with van der Waals surface area (Å²) in [7, 11) is 0. The van der Waals surface area contributed by atoms with Crippen molar-refractivity contribution < 1.29 is 4.79 Å². The van der Waals surface area contributed by atoms with Crippen LogP contribution in [0.3, 0.4) is 0 Å². The summed E-state index contributed by atoms with van der Waals surface area (Å²) < 4.78 is 1.69. The number of rotatable bonds is 7. The number of hydrogen-bond donors (Lipinski definition) is 0. The zero-order valence-corrected chi connectivity index (χ0v) is 22.8. The monoisotopic (exact) mass is 495 g/mol. The normalized spacial score (nSPS) is 12.5. The van der Waals surface area contributed by atoms with E-state index in [9.17, 15) is 9.59 Å². The molecule has 3 aromatic carbocycles. The molecule has 0 radical (unpaired) electrons. The summed E-state index contributed by atoms with van der Waals surface area (Å²) in [4.78, 5) is 34.5. The number of para-hydroxylation sites is 1. The van der Waals surface area contributed by atoms with Crippen molar-refractivity contribution >= 4 is 16.8 Å². The van der Waals surface area contributed by atoms with Gasteiger partial charge in [0.25, 0.3) is 5.56 Å². The van der Waals surface area contributed by atoms with Gasteiger partial charge in [-0.15, -0.1) is 0 Å². The van der Waals surface area contributed by atoms with E-state index < -0.39 is 6.04 Å². The quantitative estimate of drug-likeness (QED) is 0.291. The Morgan fingerprint density at radius 1 is 0.946 bits per heavy atom. The number of benzene rings is 3. The second-order valence-corrected chi connectivity index (χ2v) is 11.1. The Morgan fingerprint density at radius 2 is 1.62 bits per heavy atom. The molecule has 4 rings (SSSR count). The van der Waals surface area contributed by atoms with E-state index in [0.29, 0.717) is 29.7 Å². The van der Waals surface area contributed by atoms with Gasteiger partial charge >= 0.3 is 0 Å². The van der Waals surface area contributed by atoms with E-state index in [1.54, 1.807) is 4.57 Å². The summed E-state index contributed by atoms with van der Waals surface area (Å²) in [5.41, 5.74) is 4.54. The highest BCUT2D eigenvalue weighted by molar-refractivity contribution is 5.79. The van der Waals surface area contributed by atoms with Gasteiger partial charge in [-0.25, -0.2) is 4.98 Å².